The molecule has 0 unspecified atom stereocenters. The van der Waals surface area contributed by atoms with Crippen molar-refractivity contribution in [3.8, 4) is 5.75 Å². The number of hydrogen-bond donors (Lipinski definition) is 0. The van der Waals surface area contributed by atoms with Gasteiger partial charge >= 0.3 is 0 Å². The maximum atomic E-state index is 12.8. The third-order valence-electron chi connectivity index (χ3n) is 4.06. The molecule has 0 aromatic heterocycles. The molecule has 28 heavy (non-hydrogen) atoms. The molecule has 0 N–H and O–H groups in total. The van der Waals surface area contributed by atoms with E-state index < -0.39 is 19.9 Å². The van der Waals surface area contributed by atoms with Crippen molar-refractivity contribution in [3.05, 3.63) is 58.1 Å². The highest BCUT2D eigenvalue weighted by atomic mass is 35.5. The number of rotatable bonds is 9. The van der Waals surface area contributed by atoms with Gasteiger partial charge in [-0.1, -0.05) is 42.3 Å². The van der Waals surface area contributed by atoms with Crippen LogP contribution in [0.2, 0.25) is 10.0 Å². The van der Waals surface area contributed by atoms with Gasteiger partial charge in [0.25, 0.3) is 0 Å². The zero-order valence-corrected chi connectivity index (χ0v) is 18.6. The van der Waals surface area contributed by atoms with Crippen LogP contribution < -0.4 is 4.74 Å². The Kier molecular flexibility index (Phi) is 7.75. The number of sulfonamides is 1. The van der Waals surface area contributed by atoms with Crippen molar-refractivity contribution >= 4 is 43.1 Å². The van der Waals surface area contributed by atoms with Crippen LogP contribution in [-0.2, 0) is 26.4 Å². The first-order valence-electron chi connectivity index (χ1n) is 8.39. The highest BCUT2D eigenvalue weighted by molar-refractivity contribution is 7.91. The first-order valence-corrected chi connectivity index (χ1v) is 12.4. The van der Waals surface area contributed by atoms with Gasteiger partial charge in [-0.25, -0.2) is 16.8 Å². The minimum Gasteiger partial charge on any atom is -0.493 e. The summed E-state index contributed by atoms with van der Waals surface area (Å²) in [4.78, 5) is 0.0849. The summed E-state index contributed by atoms with van der Waals surface area (Å²) in [7, 11) is -5.42. The van der Waals surface area contributed by atoms with Crippen LogP contribution in [0.3, 0.4) is 0 Å². The molecule has 0 heterocycles. The van der Waals surface area contributed by atoms with Gasteiger partial charge in [-0.05, 0) is 35.9 Å². The molecule has 0 atom stereocenters. The van der Waals surface area contributed by atoms with Crippen molar-refractivity contribution in [2.24, 2.45) is 0 Å². The molecule has 0 aliphatic rings. The molecule has 0 saturated heterocycles. The van der Waals surface area contributed by atoms with Gasteiger partial charge in [-0.15, -0.1) is 0 Å². The van der Waals surface area contributed by atoms with Gasteiger partial charge in [0.1, 0.15) is 12.4 Å². The Morgan fingerprint density at radius 3 is 2.25 bits per heavy atom. The lowest BCUT2D eigenvalue weighted by atomic mass is 10.2. The summed E-state index contributed by atoms with van der Waals surface area (Å²) in [6.45, 7) is 1.65. The molecule has 0 aliphatic heterocycles. The summed E-state index contributed by atoms with van der Waals surface area (Å²) in [5.74, 6) is 0.356. The fraction of sp³-hybridized carbons (Fsp3) is 0.333. The Bertz CT molecular complexity index is 1020. The summed E-state index contributed by atoms with van der Waals surface area (Å²) in [5.41, 5.74) is 0.595. The lowest BCUT2D eigenvalue weighted by Crippen LogP contribution is -2.26. The van der Waals surface area contributed by atoms with Crippen LogP contribution in [0.1, 0.15) is 12.5 Å². The smallest absolute Gasteiger partial charge is 0.243 e. The molecule has 0 spiro atoms. The van der Waals surface area contributed by atoms with E-state index in [0.29, 0.717) is 21.4 Å². The molecular formula is C18H21Cl2NO5S2. The molecule has 6 nitrogen and oxygen atoms in total. The second-order valence-corrected chi connectivity index (χ2v) is 11.3. The quantitative estimate of drug-likeness (QED) is 0.564. The van der Waals surface area contributed by atoms with Crippen LogP contribution in [0.5, 0.6) is 5.75 Å². The van der Waals surface area contributed by atoms with E-state index in [1.807, 2.05) is 0 Å². The summed E-state index contributed by atoms with van der Waals surface area (Å²) in [6.07, 6.45) is 0. The number of hydrogen-bond acceptors (Lipinski definition) is 5. The van der Waals surface area contributed by atoms with E-state index in [2.05, 4.69) is 0 Å². The van der Waals surface area contributed by atoms with Crippen molar-refractivity contribution in [1.82, 2.24) is 4.31 Å². The Labute approximate surface area is 176 Å². The average molecular weight is 466 g/mol. The Morgan fingerprint density at radius 2 is 1.64 bits per heavy atom. The zero-order valence-electron chi connectivity index (χ0n) is 15.4. The summed E-state index contributed by atoms with van der Waals surface area (Å²) in [6, 6.07) is 10.9. The summed E-state index contributed by atoms with van der Waals surface area (Å²) >= 11 is 12.1. The molecular weight excluding hydrogens is 445 g/mol. The van der Waals surface area contributed by atoms with Gasteiger partial charge in [0, 0.05) is 19.3 Å². The van der Waals surface area contributed by atoms with E-state index in [9.17, 15) is 16.8 Å². The first kappa shape index (κ1) is 23.0. The van der Waals surface area contributed by atoms with Gasteiger partial charge in [0.05, 0.1) is 20.7 Å². The van der Waals surface area contributed by atoms with Crippen LogP contribution in [0.25, 0.3) is 0 Å². The number of benzene rings is 2. The van der Waals surface area contributed by atoms with Crippen LogP contribution in [0, 0.1) is 0 Å². The molecule has 0 radical (unpaired) electrons. The third-order valence-corrected chi connectivity index (χ3v) is 8.40. The molecule has 10 heteroatoms. The van der Waals surface area contributed by atoms with Gasteiger partial charge in [0.2, 0.25) is 10.0 Å². The monoisotopic (exact) mass is 465 g/mol. The maximum Gasteiger partial charge on any atom is 0.243 e. The highest BCUT2D eigenvalue weighted by Gasteiger charge is 2.22. The molecule has 2 rings (SSSR count). The van der Waals surface area contributed by atoms with Gasteiger partial charge < -0.3 is 4.74 Å². The fourth-order valence-electron chi connectivity index (χ4n) is 2.31. The van der Waals surface area contributed by atoms with Gasteiger partial charge in [-0.2, -0.15) is 4.31 Å². The molecule has 2 aromatic carbocycles. The van der Waals surface area contributed by atoms with Crippen LogP contribution >= 0.6 is 23.2 Å². The van der Waals surface area contributed by atoms with E-state index in [0.717, 1.165) is 0 Å². The minimum atomic E-state index is -3.75. The molecule has 0 fully saturated rings. The maximum absolute atomic E-state index is 12.8. The Hall–Kier alpha value is -1.32. The number of halogens is 2. The number of nitrogens with zero attached hydrogens (tertiary/aromatic N) is 1. The average Bonchev–Trinajstić information content (AvgIpc) is 2.65. The SMILES string of the molecule is CCS(=O)(=O)CCOc1ccc(S(=O)(=O)N(C)Cc2cccc(Cl)c2Cl)cc1. The fourth-order valence-corrected chi connectivity index (χ4v) is 4.47. The Balaban J connectivity index is 2.07. The van der Waals surface area contributed by atoms with Crippen molar-refractivity contribution in [1.29, 1.82) is 0 Å². The van der Waals surface area contributed by atoms with Crippen molar-refractivity contribution in [2.45, 2.75) is 18.4 Å². The molecule has 0 saturated carbocycles. The predicted molar refractivity (Wildman–Crippen MR) is 111 cm³/mol. The van der Waals surface area contributed by atoms with Gasteiger partial charge in [0.15, 0.2) is 9.84 Å². The van der Waals surface area contributed by atoms with Crippen LogP contribution in [0.4, 0.5) is 0 Å². The lowest BCUT2D eigenvalue weighted by Gasteiger charge is -2.18. The second-order valence-electron chi connectivity index (χ2n) is 6.03. The number of ether oxygens (including phenoxy) is 1. The van der Waals surface area contributed by atoms with Crippen LogP contribution in [0.15, 0.2) is 47.4 Å². The highest BCUT2D eigenvalue weighted by Crippen LogP contribution is 2.28. The van der Waals surface area contributed by atoms with Crippen LogP contribution in [-0.4, -0.2) is 46.3 Å². The zero-order chi connectivity index (χ0) is 20.9. The standard InChI is InChI=1S/C18H21Cl2NO5S2/c1-3-27(22,23)12-11-26-15-7-9-16(10-8-15)28(24,25)21(2)13-14-5-4-6-17(19)18(14)20/h4-10H,3,11-13H2,1-2H3. The normalized spacial score (nSPS) is 12.3. The van der Waals surface area contributed by atoms with E-state index in [-0.39, 0.29) is 29.6 Å². The summed E-state index contributed by atoms with van der Waals surface area (Å²) in [5, 5.41) is 0.675. The molecule has 0 bridgehead atoms. The first-order chi connectivity index (χ1) is 13.1. The molecule has 0 aliphatic carbocycles. The molecule has 154 valence electrons. The molecule has 0 amide bonds. The number of sulfone groups is 1. The predicted octanol–water partition coefficient (Wildman–Crippen LogP) is 3.63. The van der Waals surface area contributed by atoms with Crippen molar-refractivity contribution in [2.75, 3.05) is 25.2 Å². The summed E-state index contributed by atoms with van der Waals surface area (Å²) < 4.78 is 55.0. The van der Waals surface area contributed by atoms with E-state index in [1.54, 1.807) is 25.1 Å². The largest absolute Gasteiger partial charge is 0.493 e. The lowest BCUT2D eigenvalue weighted by molar-refractivity contribution is 0.340. The minimum absolute atomic E-state index is 0.00936. The van der Waals surface area contributed by atoms with Crippen molar-refractivity contribution in [3.63, 3.8) is 0 Å². The van der Waals surface area contributed by atoms with E-state index in [4.69, 9.17) is 27.9 Å². The molecule has 2 aromatic rings. The van der Waals surface area contributed by atoms with E-state index in [1.165, 1.54) is 35.6 Å². The van der Waals surface area contributed by atoms with Crippen molar-refractivity contribution < 1.29 is 21.6 Å². The van der Waals surface area contributed by atoms with Gasteiger partial charge in [-0.3, -0.25) is 0 Å². The topological polar surface area (TPSA) is 80.8 Å². The third kappa shape index (κ3) is 5.84. The second kappa shape index (κ2) is 9.45. The Morgan fingerprint density at radius 1 is 1.00 bits per heavy atom. The van der Waals surface area contributed by atoms with E-state index >= 15 is 0 Å².